The number of amides is 2. The highest BCUT2D eigenvalue weighted by Crippen LogP contribution is 2.22. The second kappa shape index (κ2) is 6.65. The predicted molar refractivity (Wildman–Crippen MR) is 89.8 cm³/mol. The van der Waals surface area contributed by atoms with Gasteiger partial charge in [-0.15, -0.1) is 0 Å². The molecule has 0 saturated carbocycles. The Kier molecular flexibility index (Phi) is 4.42. The SMILES string of the molecule is Cc1cccc(NC(=O)[C@H]2CC(=O)N(Cc3ccccc3)C2)c1. The van der Waals surface area contributed by atoms with Gasteiger partial charge in [-0.25, -0.2) is 0 Å². The van der Waals surface area contributed by atoms with Gasteiger partial charge in [0.15, 0.2) is 0 Å². The minimum Gasteiger partial charge on any atom is -0.338 e. The van der Waals surface area contributed by atoms with E-state index in [0.717, 1.165) is 16.8 Å². The molecule has 2 aromatic carbocycles. The van der Waals surface area contributed by atoms with Crippen LogP contribution in [0.4, 0.5) is 5.69 Å². The number of rotatable bonds is 4. The largest absolute Gasteiger partial charge is 0.338 e. The molecule has 0 bridgehead atoms. The molecule has 1 saturated heterocycles. The molecule has 0 spiro atoms. The number of likely N-dealkylation sites (tertiary alicyclic amines) is 1. The summed E-state index contributed by atoms with van der Waals surface area (Å²) in [5.41, 5.74) is 2.96. The van der Waals surface area contributed by atoms with Gasteiger partial charge in [-0.05, 0) is 30.2 Å². The number of carbonyl (C=O) groups excluding carboxylic acids is 2. The first kappa shape index (κ1) is 15.3. The van der Waals surface area contributed by atoms with E-state index < -0.39 is 0 Å². The summed E-state index contributed by atoms with van der Waals surface area (Å²) in [5.74, 6) is -0.329. The van der Waals surface area contributed by atoms with Gasteiger partial charge >= 0.3 is 0 Å². The Hall–Kier alpha value is -2.62. The molecule has 23 heavy (non-hydrogen) atoms. The lowest BCUT2D eigenvalue weighted by atomic mass is 10.1. The lowest BCUT2D eigenvalue weighted by molar-refractivity contribution is -0.128. The van der Waals surface area contributed by atoms with E-state index in [1.807, 2.05) is 61.5 Å². The molecule has 3 rings (SSSR count). The summed E-state index contributed by atoms with van der Waals surface area (Å²) in [5, 5.41) is 2.91. The molecule has 0 aliphatic carbocycles. The summed E-state index contributed by atoms with van der Waals surface area (Å²) in [7, 11) is 0. The van der Waals surface area contributed by atoms with E-state index in [9.17, 15) is 9.59 Å². The van der Waals surface area contributed by atoms with Crippen molar-refractivity contribution in [1.82, 2.24) is 4.90 Å². The van der Waals surface area contributed by atoms with Crippen LogP contribution in [-0.4, -0.2) is 23.3 Å². The second-order valence-corrected chi connectivity index (χ2v) is 6.02. The number of carbonyl (C=O) groups is 2. The van der Waals surface area contributed by atoms with Crippen LogP contribution in [0.2, 0.25) is 0 Å². The van der Waals surface area contributed by atoms with Crippen molar-refractivity contribution in [3.05, 3.63) is 65.7 Å². The zero-order valence-electron chi connectivity index (χ0n) is 13.2. The number of aryl methyl sites for hydroxylation is 1. The Bertz CT molecular complexity index is 712. The van der Waals surface area contributed by atoms with Crippen LogP contribution >= 0.6 is 0 Å². The second-order valence-electron chi connectivity index (χ2n) is 6.02. The minimum atomic E-state index is -0.285. The molecular weight excluding hydrogens is 288 g/mol. The molecular formula is C19H20N2O2. The first-order chi connectivity index (χ1) is 11.1. The first-order valence-corrected chi connectivity index (χ1v) is 7.81. The maximum Gasteiger partial charge on any atom is 0.229 e. The van der Waals surface area contributed by atoms with Crippen molar-refractivity contribution in [1.29, 1.82) is 0 Å². The topological polar surface area (TPSA) is 49.4 Å². The van der Waals surface area contributed by atoms with Gasteiger partial charge in [-0.1, -0.05) is 42.5 Å². The predicted octanol–water partition coefficient (Wildman–Crippen LogP) is 2.98. The van der Waals surface area contributed by atoms with Crippen LogP contribution in [-0.2, 0) is 16.1 Å². The van der Waals surface area contributed by atoms with Crippen molar-refractivity contribution >= 4 is 17.5 Å². The minimum absolute atomic E-state index is 0.0400. The van der Waals surface area contributed by atoms with Crippen molar-refractivity contribution in [2.45, 2.75) is 19.9 Å². The lowest BCUT2D eigenvalue weighted by Gasteiger charge is -2.16. The van der Waals surface area contributed by atoms with Crippen molar-refractivity contribution in [2.75, 3.05) is 11.9 Å². The molecule has 1 aliphatic rings. The van der Waals surface area contributed by atoms with E-state index >= 15 is 0 Å². The van der Waals surface area contributed by atoms with Crippen LogP contribution in [0.1, 0.15) is 17.5 Å². The number of nitrogens with one attached hydrogen (secondary N) is 1. The zero-order chi connectivity index (χ0) is 16.2. The lowest BCUT2D eigenvalue weighted by Crippen LogP contribution is -2.28. The van der Waals surface area contributed by atoms with Crippen LogP contribution in [0, 0.1) is 12.8 Å². The fourth-order valence-corrected chi connectivity index (χ4v) is 2.87. The Morgan fingerprint density at radius 3 is 2.70 bits per heavy atom. The maximum atomic E-state index is 12.4. The quantitative estimate of drug-likeness (QED) is 0.944. The fraction of sp³-hybridized carbons (Fsp3) is 0.263. The number of anilines is 1. The van der Waals surface area contributed by atoms with Crippen LogP contribution in [0.25, 0.3) is 0 Å². The van der Waals surface area contributed by atoms with E-state index in [1.54, 1.807) is 4.90 Å². The molecule has 118 valence electrons. The van der Waals surface area contributed by atoms with Gasteiger partial charge in [-0.3, -0.25) is 9.59 Å². The highest BCUT2D eigenvalue weighted by molar-refractivity contribution is 5.97. The molecule has 2 amide bonds. The number of hydrogen-bond donors (Lipinski definition) is 1. The average Bonchev–Trinajstić information content (AvgIpc) is 2.89. The van der Waals surface area contributed by atoms with Gasteiger partial charge in [0, 0.05) is 25.2 Å². The van der Waals surface area contributed by atoms with E-state index in [4.69, 9.17) is 0 Å². The molecule has 1 heterocycles. The van der Waals surface area contributed by atoms with E-state index in [1.165, 1.54) is 0 Å². The Balaban J connectivity index is 1.61. The molecule has 1 fully saturated rings. The standard InChI is InChI=1S/C19H20N2O2/c1-14-6-5-9-17(10-14)20-19(23)16-11-18(22)21(13-16)12-15-7-3-2-4-8-15/h2-10,16H,11-13H2,1H3,(H,20,23)/t16-/m0/s1. The molecule has 0 unspecified atom stereocenters. The van der Waals surface area contributed by atoms with Crippen LogP contribution in [0.15, 0.2) is 54.6 Å². The summed E-state index contributed by atoms with van der Waals surface area (Å²) < 4.78 is 0. The van der Waals surface area contributed by atoms with Crippen molar-refractivity contribution in [3.8, 4) is 0 Å². The number of benzene rings is 2. The smallest absolute Gasteiger partial charge is 0.229 e. The number of nitrogens with zero attached hydrogens (tertiary/aromatic N) is 1. The van der Waals surface area contributed by atoms with Crippen molar-refractivity contribution in [2.24, 2.45) is 5.92 Å². The fourth-order valence-electron chi connectivity index (χ4n) is 2.87. The van der Waals surface area contributed by atoms with Gasteiger partial charge < -0.3 is 10.2 Å². The third-order valence-electron chi connectivity index (χ3n) is 4.09. The molecule has 1 atom stereocenters. The summed E-state index contributed by atoms with van der Waals surface area (Å²) in [4.78, 5) is 26.3. The highest BCUT2D eigenvalue weighted by atomic mass is 16.2. The van der Waals surface area contributed by atoms with Gasteiger partial charge in [0.1, 0.15) is 0 Å². The van der Waals surface area contributed by atoms with E-state index in [0.29, 0.717) is 13.1 Å². The third kappa shape index (κ3) is 3.77. The van der Waals surface area contributed by atoms with E-state index in [2.05, 4.69) is 5.32 Å². The average molecular weight is 308 g/mol. The molecule has 0 aromatic heterocycles. The molecule has 4 nitrogen and oxygen atoms in total. The zero-order valence-corrected chi connectivity index (χ0v) is 13.2. The van der Waals surface area contributed by atoms with E-state index in [-0.39, 0.29) is 24.2 Å². The molecule has 1 aliphatic heterocycles. The monoisotopic (exact) mass is 308 g/mol. The van der Waals surface area contributed by atoms with Crippen LogP contribution < -0.4 is 5.32 Å². The summed E-state index contributed by atoms with van der Waals surface area (Å²) in [6.07, 6.45) is 0.282. The van der Waals surface area contributed by atoms with Gasteiger partial charge in [-0.2, -0.15) is 0 Å². The Morgan fingerprint density at radius 2 is 1.96 bits per heavy atom. The molecule has 4 heteroatoms. The van der Waals surface area contributed by atoms with Gasteiger partial charge in [0.05, 0.1) is 5.92 Å². The van der Waals surface area contributed by atoms with Gasteiger partial charge in [0.25, 0.3) is 0 Å². The van der Waals surface area contributed by atoms with Gasteiger partial charge in [0.2, 0.25) is 11.8 Å². The number of hydrogen-bond acceptors (Lipinski definition) is 2. The molecule has 1 N–H and O–H groups in total. The molecule has 2 aromatic rings. The Morgan fingerprint density at radius 1 is 1.17 bits per heavy atom. The Labute approximate surface area is 136 Å². The van der Waals surface area contributed by atoms with Crippen molar-refractivity contribution in [3.63, 3.8) is 0 Å². The maximum absolute atomic E-state index is 12.4. The third-order valence-corrected chi connectivity index (χ3v) is 4.09. The normalized spacial score (nSPS) is 17.3. The highest BCUT2D eigenvalue weighted by Gasteiger charge is 2.34. The summed E-state index contributed by atoms with van der Waals surface area (Å²) >= 11 is 0. The van der Waals surface area contributed by atoms with Crippen LogP contribution in [0.5, 0.6) is 0 Å². The first-order valence-electron chi connectivity index (χ1n) is 7.81. The molecule has 0 radical (unpaired) electrons. The summed E-state index contributed by atoms with van der Waals surface area (Å²) in [6, 6.07) is 17.5. The van der Waals surface area contributed by atoms with Crippen molar-refractivity contribution < 1.29 is 9.59 Å². The summed E-state index contributed by atoms with van der Waals surface area (Å²) in [6.45, 7) is 3.02. The van der Waals surface area contributed by atoms with Crippen LogP contribution in [0.3, 0.4) is 0 Å².